The van der Waals surface area contributed by atoms with Crippen LogP contribution < -0.4 is 14.8 Å². The highest BCUT2D eigenvalue weighted by molar-refractivity contribution is 9.11. The minimum absolute atomic E-state index is 0.441. The van der Waals surface area contributed by atoms with Gasteiger partial charge in [0.1, 0.15) is 18.1 Å². The zero-order chi connectivity index (χ0) is 19.9. The highest BCUT2D eigenvalue weighted by atomic mass is 79.9. The van der Waals surface area contributed by atoms with E-state index in [-0.39, 0.29) is 0 Å². The molecule has 0 aliphatic carbocycles. The summed E-state index contributed by atoms with van der Waals surface area (Å²) in [7, 11) is 0. The van der Waals surface area contributed by atoms with Crippen LogP contribution in [0.5, 0.6) is 11.5 Å². The first-order valence-corrected chi connectivity index (χ1v) is 10.8. The predicted octanol–water partition coefficient (Wildman–Crippen LogP) is 7.45. The van der Waals surface area contributed by atoms with Crippen LogP contribution in [0.3, 0.4) is 0 Å². The Labute approximate surface area is 187 Å². The van der Waals surface area contributed by atoms with E-state index in [1.807, 2.05) is 61.5 Å². The third kappa shape index (κ3) is 5.90. The van der Waals surface area contributed by atoms with E-state index in [0.29, 0.717) is 24.8 Å². The van der Waals surface area contributed by atoms with E-state index in [9.17, 15) is 0 Å². The maximum absolute atomic E-state index is 6.12. The summed E-state index contributed by atoms with van der Waals surface area (Å²) >= 11 is 13.2. The number of hydrogen-bond acceptors (Lipinski definition) is 3. The maximum atomic E-state index is 6.12. The molecule has 146 valence electrons. The van der Waals surface area contributed by atoms with E-state index in [2.05, 4.69) is 43.2 Å². The van der Waals surface area contributed by atoms with Gasteiger partial charge in [-0.05, 0) is 76.9 Å². The first-order chi connectivity index (χ1) is 13.5. The summed E-state index contributed by atoms with van der Waals surface area (Å²) in [6, 6.07) is 19.6. The van der Waals surface area contributed by atoms with Crippen LogP contribution in [-0.4, -0.2) is 6.61 Å². The maximum Gasteiger partial charge on any atom is 0.139 e. The molecule has 0 saturated heterocycles. The number of anilines is 1. The van der Waals surface area contributed by atoms with Gasteiger partial charge < -0.3 is 14.8 Å². The van der Waals surface area contributed by atoms with Gasteiger partial charge in [-0.15, -0.1) is 0 Å². The second kappa shape index (κ2) is 10.2. The topological polar surface area (TPSA) is 30.5 Å². The van der Waals surface area contributed by atoms with Crippen LogP contribution >= 0.6 is 43.5 Å². The Hall–Kier alpha value is -1.69. The molecule has 3 aromatic carbocycles. The van der Waals surface area contributed by atoms with E-state index >= 15 is 0 Å². The van der Waals surface area contributed by atoms with Gasteiger partial charge in [0.25, 0.3) is 0 Å². The number of hydrogen-bond donors (Lipinski definition) is 1. The zero-order valence-corrected chi connectivity index (χ0v) is 19.3. The molecule has 0 bridgehead atoms. The van der Waals surface area contributed by atoms with Gasteiger partial charge in [0.2, 0.25) is 0 Å². The molecule has 0 unspecified atom stereocenters. The van der Waals surface area contributed by atoms with Gasteiger partial charge in [0.05, 0.1) is 11.1 Å². The van der Waals surface area contributed by atoms with E-state index in [1.165, 1.54) is 0 Å². The molecule has 3 aromatic rings. The Bertz CT molecular complexity index is 932. The quantitative estimate of drug-likeness (QED) is 0.331. The van der Waals surface area contributed by atoms with Crippen LogP contribution in [0.1, 0.15) is 18.1 Å². The third-order valence-corrected chi connectivity index (χ3v) is 5.29. The van der Waals surface area contributed by atoms with Crippen LogP contribution in [-0.2, 0) is 13.2 Å². The Kier molecular flexibility index (Phi) is 7.65. The number of ether oxygens (including phenoxy) is 2. The van der Waals surface area contributed by atoms with Crippen LogP contribution in [0.4, 0.5) is 5.69 Å². The first-order valence-electron chi connectivity index (χ1n) is 8.87. The molecule has 0 heterocycles. The van der Waals surface area contributed by atoms with Crippen molar-refractivity contribution < 1.29 is 9.47 Å². The largest absolute Gasteiger partial charge is 0.494 e. The van der Waals surface area contributed by atoms with Crippen molar-refractivity contribution in [1.29, 1.82) is 0 Å². The molecular formula is C22H20Br2ClNO2. The molecule has 3 nitrogen and oxygen atoms in total. The van der Waals surface area contributed by atoms with Crippen LogP contribution in [0.2, 0.25) is 5.02 Å². The SMILES string of the molecule is CCOc1ccc(NCc2cc(Br)cc(Br)c2OCc2cccc(Cl)c2)cc1. The molecule has 3 rings (SSSR count). The predicted molar refractivity (Wildman–Crippen MR) is 123 cm³/mol. The lowest BCUT2D eigenvalue weighted by atomic mass is 10.2. The van der Waals surface area contributed by atoms with E-state index in [0.717, 1.165) is 37.3 Å². The van der Waals surface area contributed by atoms with Crippen molar-refractivity contribution in [3.05, 3.63) is 85.8 Å². The van der Waals surface area contributed by atoms with Crippen molar-refractivity contribution in [1.82, 2.24) is 0 Å². The Morgan fingerprint density at radius 3 is 2.46 bits per heavy atom. The minimum atomic E-state index is 0.441. The molecule has 0 fully saturated rings. The second-order valence-electron chi connectivity index (χ2n) is 6.11. The van der Waals surface area contributed by atoms with Gasteiger partial charge in [0, 0.05) is 27.3 Å². The molecule has 0 aliphatic heterocycles. The Morgan fingerprint density at radius 1 is 0.964 bits per heavy atom. The first kappa shape index (κ1) is 21.0. The molecular weight excluding hydrogens is 506 g/mol. The van der Waals surface area contributed by atoms with E-state index in [4.69, 9.17) is 21.1 Å². The smallest absolute Gasteiger partial charge is 0.139 e. The van der Waals surface area contributed by atoms with Crippen molar-refractivity contribution in [3.8, 4) is 11.5 Å². The van der Waals surface area contributed by atoms with Gasteiger partial charge in [-0.3, -0.25) is 0 Å². The highest BCUT2D eigenvalue weighted by Gasteiger charge is 2.11. The Morgan fingerprint density at radius 2 is 1.75 bits per heavy atom. The van der Waals surface area contributed by atoms with Crippen LogP contribution in [0.15, 0.2) is 69.6 Å². The number of benzene rings is 3. The van der Waals surface area contributed by atoms with Crippen molar-refractivity contribution in [2.75, 3.05) is 11.9 Å². The third-order valence-electron chi connectivity index (χ3n) is 4.01. The lowest BCUT2D eigenvalue weighted by molar-refractivity contribution is 0.301. The molecule has 6 heteroatoms. The van der Waals surface area contributed by atoms with Crippen LogP contribution in [0, 0.1) is 0 Å². The summed E-state index contributed by atoms with van der Waals surface area (Å²) in [4.78, 5) is 0. The second-order valence-corrected chi connectivity index (χ2v) is 8.31. The van der Waals surface area contributed by atoms with Gasteiger partial charge in [-0.25, -0.2) is 0 Å². The van der Waals surface area contributed by atoms with Gasteiger partial charge in [-0.2, -0.15) is 0 Å². The Balaban J connectivity index is 1.72. The molecule has 0 saturated carbocycles. The molecule has 0 amide bonds. The van der Waals surface area contributed by atoms with E-state index in [1.54, 1.807) is 0 Å². The molecule has 0 atom stereocenters. The fraction of sp³-hybridized carbons (Fsp3) is 0.182. The molecule has 1 N–H and O–H groups in total. The lowest BCUT2D eigenvalue weighted by Gasteiger charge is -2.16. The molecule has 0 spiro atoms. The highest BCUT2D eigenvalue weighted by Crippen LogP contribution is 2.34. The minimum Gasteiger partial charge on any atom is -0.494 e. The number of rotatable bonds is 8. The average Bonchev–Trinajstić information content (AvgIpc) is 2.67. The fourth-order valence-electron chi connectivity index (χ4n) is 2.72. The van der Waals surface area contributed by atoms with Crippen LogP contribution in [0.25, 0.3) is 0 Å². The number of halogens is 3. The van der Waals surface area contributed by atoms with Gasteiger partial charge >= 0.3 is 0 Å². The standard InChI is InChI=1S/C22H20Br2ClNO2/c1-2-27-20-8-6-19(7-9-20)26-13-16-11-17(23)12-21(24)22(16)28-14-15-4-3-5-18(25)10-15/h3-12,26H,2,13-14H2,1H3. The molecule has 0 radical (unpaired) electrons. The number of nitrogens with one attached hydrogen (secondary N) is 1. The van der Waals surface area contributed by atoms with E-state index < -0.39 is 0 Å². The van der Waals surface area contributed by atoms with Gasteiger partial charge in [0.15, 0.2) is 0 Å². The summed E-state index contributed by atoms with van der Waals surface area (Å²) in [5.74, 6) is 1.67. The summed E-state index contributed by atoms with van der Waals surface area (Å²) in [5, 5.41) is 4.14. The fourth-order valence-corrected chi connectivity index (χ4v) is 4.36. The van der Waals surface area contributed by atoms with Crippen molar-refractivity contribution in [2.45, 2.75) is 20.1 Å². The normalized spacial score (nSPS) is 10.6. The zero-order valence-electron chi connectivity index (χ0n) is 15.3. The van der Waals surface area contributed by atoms with Crippen molar-refractivity contribution >= 4 is 49.1 Å². The summed E-state index contributed by atoms with van der Waals surface area (Å²) in [5.41, 5.74) is 3.07. The molecule has 0 aromatic heterocycles. The molecule has 28 heavy (non-hydrogen) atoms. The summed E-state index contributed by atoms with van der Waals surface area (Å²) in [6.07, 6.45) is 0. The van der Waals surface area contributed by atoms with Crippen molar-refractivity contribution in [2.24, 2.45) is 0 Å². The molecule has 0 aliphatic rings. The summed E-state index contributed by atoms with van der Waals surface area (Å²) in [6.45, 7) is 3.70. The lowest BCUT2D eigenvalue weighted by Crippen LogP contribution is -2.05. The summed E-state index contributed by atoms with van der Waals surface area (Å²) < 4.78 is 13.5. The average molecular weight is 526 g/mol. The van der Waals surface area contributed by atoms with Crippen molar-refractivity contribution in [3.63, 3.8) is 0 Å². The van der Waals surface area contributed by atoms with Gasteiger partial charge in [-0.1, -0.05) is 39.7 Å². The monoisotopic (exact) mass is 523 g/mol.